The lowest BCUT2D eigenvalue weighted by Crippen LogP contribution is -2.21. The van der Waals surface area contributed by atoms with Crippen LogP contribution < -0.4 is 5.32 Å². The first-order valence-corrected chi connectivity index (χ1v) is 5.89. The maximum atomic E-state index is 12.3. The Labute approximate surface area is 96.5 Å². The Morgan fingerprint density at radius 3 is 2.06 bits per heavy atom. The van der Waals surface area contributed by atoms with Gasteiger partial charge < -0.3 is 10.4 Å². The molecule has 0 amide bonds. The quantitative estimate of drug-likeness (QED) is 0.808. The number of hydrogen-bond acceptors (Lipinski definition) is 2. The summed E-state index contributed by atoms with van der Waals surface area (Å²) in [7, 11) is 0. The van der Waals surface area contributed by atoms with Crippen molar-refractivity contribution < 1.29 is 9.50 Å². The standard InChI is InChI=1S/C8H9FO.C5H11N/c9-8-3-1-7(2-4-8)5-6-10;1-2-4-6-5-3-1/h1-4,10H,5-6H2;6H,1-5H2. The van der Waals surface area contributed by atoms with Crippen molar-refractivity contribution in [1.82, 2.24) is 5.32 Å². The second-order valence-electron chi connectivity index (χ2n) is 3.91. The summed E-state index contributed by atoms with van der Waals surface area (Å²) >= 11 is 0. The topological polar surface area (TPSA) is 32.3 Å². The van der Waals surface area contributed by atoms with Crippen LogP contribution in [-0.4, -0.2) is 24.8 Å². The van der Waals surface area contributed by atoms with Crippen LogP contribution in [0.2, 0.25) is 0 Å². The number of aliphatic hydroxyl groups excluding tert-OH is 1. The third-order valence-electron chi connectivity index (χ3n) is 2.52. The van der Waals surface area contributed by atoms with Crippen LogP contribution in [0, 0.1) is 5.82 Å². The fraction of sp³-hybridized carbons (Fsp3) is 0.538. The van der Waals surface area contributed by atoms with Crippen LogP contribution in [-0.2, 0) is 6.42 Å². The lowest BCUT2D eigenvalue weighted by Gasteiger charge is -2.08. The third kappa shape index (κ3) is 5.83. The van der Waals surface area contributed by atoms with E-state index in [4.69, 9.17) is 5.11 Å². The molecule has 0 saturated carbocycles. The van der Waals surface area contributed by atoms with Gasteiger partial charge in [0.15, 0.2) is 0 Å². The summed E-state index contributed by atoms with van der Waals surface area (Å²) < 4.78 is 12.3. The van der Waals surface area contributed by atoms with Crippen molar-refractivity contribution in [2.75, 3.05) is 19.7 Å². The number of rotatable bonds is 2. The van der Waals surface area contributed by atoms with E-state index in [0.717, 1.165) is 5.56 Å². The van der Waals surface area contributed by atoms with Crippen LogP contribution in [0.4, 0.5) is 4.39 Å². The molecule has 2 rings (SSSR count). The molecule has 0 aliphatic carbocycles. The van der Waals surface area contributed by atoms with E-state index in [1.165, 1.54) is 44.5 Å². The molecule has 0 atom stereocenters. The molecular weight excluding hydrogens is 205 g/mol. The van der Waals surface area contributed by atoms with Gasteiger partial charge in [0.05, 0.1) is 0 Å². The van der Waals surface area contributed by atoms with Gasteiger partial charge in [-0.05, 0) is 50.0 Å². The summed E-state index contributed by atoms with van der Waals surface area (Å²) in [6, 6.07) is 6.13. The van der Waals surface area contributed by atoms with Crippen LogP contribution in [0.3, 0.4) is 0 Å². The maximum Gasteiger partial charge on any atom is 0.123 e. The van der Waals surface area contributed by atoms with Gasteiger partial charge >= 0.3 is 0 Å². The lowest BCUT2D eigenvalue weighted by molar-refractivity contribution is 0.299. The number of hydrogen-bond donors (Lipinski definition) is 2. The minimum atomic E-state index is -0.235. The normalized spacial score (nSPS) is 15.1. The Morgan fingerprint density at radius 1 is 1.06 bits per heavy atom. The molecule has 0 aromatic heterocycles. The van der Waals surface area contributed by atoms with E-state index in [0.29, 0.717) is 6.42 Å². The summed E-state index contributed by atoms with van der Waals surface area (Å²) in [4.78, 5) is 0. The highest BCUT2D eigenvalue weighted by atomic mass is 19.1. The Bertz CT molecular complexity index is 258. The van der Waals surface area contributed by atoms with Gasteiger partial charge in [-0.1, -0.05) is 18.6 Å². The Balaban J connectivity index is 0.000000181. The SMILES string of the molecule is C1CCNCC1.OCCc1ccc(F)cc1. The summed E-state index contributed by atoms with van der Waals surface area (Å²) in [5, 5.41) is 11.8. The van der Waals surface area contributed by atoms with E-state index < -0.39 is 0 Å². The van der Waals surface area contributed by atoms with Crippen molar-refractivity contribution in [3.8, 4) is 0 Å². The van der Waals surface area contributed by atoms with Gasteiger partial charge in [-0.3, -0.25) is 0 Å². The molecular formula is C13H20FNO. The number of benzene rings is 1. The molecule has 0 radical (unpaired) electrons. The average molecular weight is 225 g/mol. The van der Waals surface area contributed by atoms with Gasteiger partial charge in [0.25, 0.3) is 0 Å². The zero-order chi connectivity index (χ0) is 11.6. The largest absolute Gasteiger partial charge is 0.396 e. The number of aliphatic hydroxyl groups is 1. The summed E-state index contributed by atoms with van der Waals surface area (Å²) in [5.74, 6) is -0.235. The highest BCUT2D eigenvalue weighted by molar-refractivity contribution is 5.15. The minimum absolute atomic E-state index is 0.117. The highest BCUT2D eigenvalue weighted by Gasteiger charge is 1.93. The van der Waals surface area contributed by atoms with Gasteiger partial charge in [-0.25, -0.2) is 4.39 Å². The molecule has 1 aromatic carbocycles. The predicted molar refractivity (Wildman–Crippen MR) is 63.9 cm³/mol. The highest BCUT2D eigenvalue weighted by Crippen LogP contribution is 2.02. The molecule has 1 fully saturated rings. The molecule has 2 N–H and O–H groups in total. The van der Waals surface area contributed by atoms with Crippen LogP contribution in [0.5, 0.6) is 0 Å². The molecule has 1 saturated heterocycles. The van der Waals surface area contributed by atoms with E-state index in [1.54, 1.807) is 12.1 Å². The van der Waals surface area contributed by atoms with Crippen molar-refractivity contribution >= 4 is 0 Å². The summed E-state index contributed by atoms with van der Waals surface area (Å²) in [6.45, 7) is 2.62. The first-order chi connectivity index (χ1) is 7.83. The van der Waals surface area contributed by atoms with E-state index >= 15 is 0 Å². The third-order valence-corrected chi connectivity index (χ3v) is 2.52. The van der Waals surface area contributed by atoms with E-state index in [2.05, 4.69) is 5.32 Å². The number of nitrogens with one attached hydrogen (secondary N) is 1. The zero-order valence-corrected chi connectivity index (χ0v) is 9.58. The van der Waals surface area contributed by atoms with Crippen LogP contribution in [0.1, 0.15) is 24.8 Å². The monoisotopic (exact) mass is 225 g/mol. The molecule has 90 valence electrons. The molecule has 0 unspecified atom stereocenters. The molecule has 0 spiro atoms. The number of halogens is 1. The first-order valence-electron chi connectivity index (χ1n) is 5.89. The van der Waals surface area contributed by atoms with Crippen molar-refractivity contribution in [1.29, 1.82) is 0 Å². The Morgan fingerprint density at radius 2 is 1.69 bits per heavy atom. The molecule has 3 heteroatoms. The van der Waals surface area contributed by atoms with Crippen LogP contribution in [0.15, 0.2) is 24.3 Å². The van der Waals surface area contributed by atoms with Gasteiger partial charge in [-0.2, -0.15) is 0 Å². The molecule has 16 heavy (non-hydrogen) atoms. The van der Waals surface area contributed by atoms with Crippen molar-refractivity contribution in [2.45, 2.75) is 25.7 Å². The fourth-order valence-corrected chi connectivity index (χ4v) is 1.58. The molecule has 1 aromatic rings. The fourth-order valence-electron chi connectivity index (χ4n) is 1.58. The number of piperidine rings is 1. The van der Waals surface area contributed by atoms with Crippen LogP contribution in [0.25, 0.3) is 0 Å². The van der Waals surface area contributed by atoms with E-state index in [-0.39, 0.29) is 12.4 Å². The minimum Gasteiger partial charge on any atom is -0.396 e. The van der Waals surface area contributed by atoms with Crippen molar-refractivity contribution in [3.05, 3.63) is 35.6 Å². The molecule has 1 heterocycles. The van der Waals surface area contributed by atoms with Crippen LogP contribution >= 0.6 is 0 Å². The molecule has 2 nitrogen and oxygen atoms in total. The smallest absolute Gasteiger partial charge is 0.123 e. The second kappa shape index (κ2) is 8.25. The van der Waals surface area contributed by atoms with Gasteiger partial charge in [0.2, 0.25) is 0 Å². The first kappa shape index (κ1) is 13.1. The summed E-state index contributed by atoms with van der Waals surface area (Å²) in [6.07, 6.45) is 4.81. The lowest BCUT2D eigenvalue weighted by atomic mass is 10.2. The van der Waals surface area contributed by atoms with E-state index in [1.807, 2.05) is 0 Å². The molecule has 0 bridgehead atoms. The van der Waals surface area contributed by atoms with Crippen molar-refractivity contribution in [2.24, 2.45) is 0 Å². The van der Waals surface area contributed by atoms with E-state index in [9.17, 15) is 4.39 Å². The van der Waals surface area contributed by atoms with Gasteiger partial charge in [0.1, 0.15) is 5.82 Å². The van der Waals surface area contributed by atoms with Gasteiger partial charge in [0, 0.05) is 6.61 Å². The van der Waals surface area contributed by atoms with Crippen molar-refractivity contribution in [3.63, 3.8) is 0 Å². The molecule has 1 aliphatic rings. The second-order valence-corrected chi connectivity index (χ2v) is 3.91. The molecule has 1 aliphatic heterocycles. The predicted octanol–water partition coefficient (Wildman–Crippen LogP) is 2.12. The average Bonchev–Trinajstić information content (AvgIpc) is 2.35. The summed E-state index contributed by atoms with van der Waals surface area (Å²) in [5.41, 5.74) is 0.962. The van der Waals surface area contributed by atoms with Gasteiger partial charge in [-0.15, -0.1) is 0 Å². The Kier molecular flexibility index (Phi) is 6.77. The Hall–Kier alpha value is -0.930. The zero-order valence-electron chi connectivity index (χ0n) is 9.58. The maximum absolute atomic E-state index is 12.3.